The van der Waals surface area contributed by atoms with Crippen LogP contribution in [0.15, 0.2) is 12.1 Å². The molecule has 0 saturated heterocycles. The summed E-state index contributed by atoms with van der Waals surface area (Å²) < 4.78 is 0. The van der Waals surface area contributed by atoms with Crippen LogP contribution in [0.1, 0.15) is 29.3 Å². The van der Waals surface area contributed by atoms with E-state index in [0.717, 1.165) is 0 Å². The van der Waals surface area contributed by atoms with Crippen molar-refractivity contribution in [2.75, 3.05) is 5.73 Å². The molecule has 0 bridgehead atoms. The van der Waals surface area contributed by atoms with Gasteiger partial charge < -0.3 is 21.1 Å². The van der Waals surface area contributed by atoms with Crippen LogP contribution >= 0.6 is 0 Å². The van der Waals surface area contributed by atoms with Gasteiger partial charge >= 0.3 is 5.97 Å². The molecule has 0 aromatic heterocycles. The van der Waals surface area contributed by atoms with Crippen molar-refractivity contribution in [2.24, 2.45) is 0 Å². The summed E-state index contributed by atoms with van der Waals surface area (Å²) in [6.07, 6.45) is 0.319. The highest BCUT2D eigenvalue weighted by atomic mass is 16.4. The number of hydrogen-bond acceptors (Lipinski definition) is 4. The van der Waals surface area contributed by atoms with Crippen molar-refractivity contribution in [1.29, 1.82) is 0 Å². The maximum absolute atomic E-state index is 10.8. The molecule has 0 amide bonds. The number of carboxylic acids is 1. The molecule has 5 nitrogen and oxygen atoms in total. The molecule has 1 aromatic carbocycles. The van der Waals surface area contributed by atoms with E-state index in [1.54, 1.807) is 6.92 Å². The van der Waals surface area contributed by atoms with Gasteiger partial charge in [-0.2, -0.15) is 0 Å². The molecule has 0 aliphatic carbocycles. The number of hydrogen-bond donors (Lipinski definition) is 4. The molecule has 1 atom stereocenters. The summed E-state index contributed by atoms with van der Waals surface area (Å²) in [5.74, 6) is -1.49. The lowest BCUT2D eigenvalue weighted by atomic mass is 10.0. The number of benzene rings is 1. The number of carbonyl (C=O) groups is 1. The molecule has 0 spiro atoms. The Morgan fingerprint density at radius 2 is 2.12 bits per heavy atom. The number of aryl methyl sites for hydroxylation is 1. The quantitative estimate of drug-likeness (QED) is 0.452. The van der Waals surface area contributed by atoms with Crippen molar-refractivity contribution in [3.05, 3.63) is 23.3 Å². The number of aromatic carboxylic acids is 1. The highest BCUT2D eigenvalue weighted by Gasteiger charge is 2.14. The summed E-state index contributed by atoms with van der Waals surface area (Å²) in [4.78, 5) is 10.8. The molecule has 0 unspecified atom stereocenters. The molecule has 0 radical (unpaired) electrons. The lowest BCUT2D eigenvalue weighted by Crippen LogP contribution is -2.05. The largest absolute Gasteiger partial charge is 0.507 e. The Bertz CT molecular complexity index is 401. The predicted octanol–water partition coefficient (Wildman–Crippen LogP) is 0.986. The zero-order valence-electron chi connectivity index (χ0n) is 8.97. The molecular weight excluding hydrogens is 210 g/mol. The first kappa shape index (κ1) is 12.3. The van der Waals surface area contributed by atoms with Crippen molar-refractivity contribution >= 4 is 11.7 Å². The van der Waals surface area contributed by atoms with Crippen LogP contribution in [0.3, 0.4) is 0 Å². The molecule has 88 valence electrons. The SMILES string of the molecule is C[C@@H](O)CCc1cc(N)cc(C(=O)O)c1O. The maximum Gasteiger partial charge on any atom is 0.339 e. The number of nitrogen functional groups attached to an aromatic ring is 1. The third kappa shape index (κ3) is 2.87. The fourth-order valence-corrected chi connectivity index (χ4v) is 1.44. The maximum atomic E-state index is 10.8. The zero-order valence-corrected chi connectivity index (χ0v) is 8.97. The molecule has 1 aromatic rings. The van der Waals surface area contributed by atoms with Crippen LogP contribution in [0, 0.1) is 0 Å². The third-order valence-electron chi connectivity index (χ3n) is 2.27. The average Bonchev–Trinajstić information content (AvgIpc) is 2.18. The molecule has 5 N–H and O–H groups in total. The Labute approximate surface area is 93.1 Å². The van der Waals surface area contributed by atoms with E-state index in [4.69, 9.17) is 15.9 Å². The highest BCUT2D eigenvalue weighted by molar-refractivity contribution is 5.92. The third-order valence-corrected chi connectivity index (χ3v) is 2.27. The predicted molar refractivity (Wildman–Crippen MR) is 59.5 cm³/mol. The van der Waals surface area contributed by atoms with Crippen molar-refractivity contribution in [1.82, 2.24) is 0 Å². The van der Waals surface area contributed by atoms with Gasteiger partial charge in [0.15, 0.2) is 0 Å². The number of rotatable bonds is 4. The summed E-state index contributed by atoms with van der Waals surface area (Å²) in [6, 6.07) is 2.73. The second kappa shape index (κ2) is 4.85. The van der Waals surface area contributed by atoms with Gasteiger partial charge in [-0.05, 0) is 37.5 Å². The number of aliphatic hydroxyl groups is 1. The van der Waals surface area contributed by atoms with E-state index in [1.807, 2.05) is 0 Å². The smallest absolute Gasteiger partial charge is 0.339 e. The van der Waals surface area contributed by atoms with Gasteiger partial charge in [-0.3, -0.25) is 0 Å². The number of nitrogens with two attached hydrogens (primary N) is 1. The number of aromatic hydroxyl groups is 1. The van der Waals surface area contributed by atoms with Gasteiger partial charge in [-0.25, -0.2) is 4.79 Å². The summed E-state index contributed by atoms with van der Waals surface area (Å²) in [7, 11) is 0. The van der Waals surface area contributed by atoms with Crippen LogP contribution in [0.4, 0.5) is 5.69 Å². The van der Waals surface area contributed by atoms with Gasteiger partial charge in [0, 0.05) is 5.69 Å². The minimum atomic E-state index is -1.22. The van der Waals surface area contributed by atoms with Crippen LogP contribution in [0.2, 0.25) is 0 Å². The molecule has 0 fully saturated rings. The van der Waals surface area contributed by atoms with Crippen LogP contribution in [0.25, 0.3) is 0 Å². The first-order valence-corrected chi connectivity index (χ1v) is 4.94. The first-order valence-electron chi connectivity index (χ1n) is 4.94. The molecule has 0 heterocycles. The van der Waals surface area contributed by atoms with E-state index in [1.165, 1.54) is 12.1 Å². The lowest BCUT2D eigenvalue weighted by Gasteiger charge is -2.10. The number of aliphatic hydroxyl groups excluding tert-OH is 1. The van der Waals surface area contributed by atoms with Gasteiger partial charge in [-0.1, -0.05) is 0 Å². The second-order valence-corrected chi connectivity index (χ2v) is 3.77. The van der Waals surface area contributed by atoms with Gasteiger partial charge in [-0.15, -0.1) is 0 Å². The summed E-state index contributed by atoms with van der Waals surface area (Å²) in [5, 5.41) is 27.6. The second-order valence-electron chi connectivity index (χ2n) is 3.77. The van der Waals surface area contributed by atoms with Crippen molar-refractivity contribution < 1.29 is 20.1 Å². The van der Waals surface area contributed by atoms with E-state index < -0.39 is 12.1 Å². The molecular formula is C11H15NO4. The Morgan fingerprint density at radius 1 is 1.50 bits per heavy atom. The normalized spacial score (nSPS) is 12.4. The Balaban J connectivity index is 3.04. The van der Waals surface area contributed by atoms with Crippen LogP contribution in [0.5, 0.6) is 5.75 Å². The van der Waals surface area contributed by atoms with Crippen LogP contribution < -0.4 is 5.73 Å². The number of anilines is 1. The Kier molecular flexibility index (Phi) is 3.73. The van der Waals surface area contributed by atoms with Gasteiger partial charge in [0.1, 0.15) is 11.3 Å². The Morgan fingerprint density at radius 3 is 2.62 bits per heavy atom. The monoisotopic (exact) mass is 225 g/mol. The standard InChI is InChI=1S/C11H15NO4/c1-6(13)2-3-7-4-8(12)5-9(10(7)14)11(15)16/h4-6,13-14H,2-3,12H2,1H3,(H,15,16)/t6-/m1/s1. The van der Waals surface area contributed by atoms with Crippen molar-refractivity contribution in [3.8, 4) is 5.75 Å². The summed E-state index contributed by atoms with van der Waals surface area (Å²) >= 11 is 0. The van der Waals surface area contributed by atoms with Crippen molar-refractivity contribution in [3.63, 3.8) is 0 Å². The van der Waals surface area contributed by atoms with E-state index in [2.05, 4.69) is 0 Å². The van der Waals surface area contributed by atoms with E-state index in [0.29, 0.717) is 18.4 Å². The fourth-order valence-electron chi connectivity index (χ4n) is 1.44. The molecule has 0 aliphatic heterocycles. The van der Waals surface area contributed by atoms with Crippen molar-refractivity contribution in [2.45, 2.75) is 25.9 Å². The zero-order chi connectivity index (χ0) is 12.3. The van der Waals surface area contributed by atoms with E-state index in [-0.39, 0.29) is 17.0 Å². The number of carboxylic acid groups (broad SMARTS) is 1. The van der Waals surface area contributed by atoms with Gasteiger partial charge in [0.05, 0.1) is 6.10 Å². The summed E-state index contributed by atoms with van der Waals surface area (Å²) in [6.45, 7) is 1.63. The molecule has 1 rings (SSSR count). The van der Waals surface area contributed by atoms with E-state index in [9.17, 15) is 9.90 Å². The Hall–Kier alpha value is -1.75. The highest BCUT2D eigenvalue weighted by Crippen LogP contribution is 2.27. The van der Waals surface area contributed by atoms with Crippen LogP contribution in [-0.4, -0.2) is 27.4 Å². The lowest BCUT2D eigenvalue weighted by molar-refractivity contribution is 0.0693. The fraction of sp³-hybridized carbons (Fsp3) is 0.364. The van der Waals surface area contributed by atoms with Gasteiger partial charge in [0.2, 0.25) is 0 Å². The minimum absolute atomic E-state index is 0.208. The molecule has 0 aliphatic rings. The van der Waals surface area contributed by atoms with E-state index >= 15 is 0 Å². The first-order chi connectivity index (χ1) is 7.41. The number of phenols is 1. The molecule has 0 saturated carbocycles. The van der Waals surface area contributed by atoms with Gasteiger partial charge in [0.25, 0.3) is 0 Å². The summed E-state index contributed by atoms with van der Waals surface area (Å²) in [5.41, 5.74) is 6.06. The minimum Gasteiger partial charge on any atom is -0.507 e. The topological polar surface area (TPSA) is 104 Å². The molecule has 16 heavy (non-hydrogen) atoms. The molecule has 5 heteroatoms. The average molecular weight is 225 g/mol. The van der Waals surface area contributed by atoms with Crippen LogP contribution in [-0.2, 0) is 6.42 Å².